The minimum atomic E-state index is 1.19. The molecular formula is C12H13N. The van der Waals surface area contributed by atoms with Crippen molar-refractivity contribution in [1.29, 1.82) is 0 Å². The van der Waals surface area contributed by atoms with Gasteiger partial charge in [-0.3, -0.25) is 0 Å². The Kier molecular flexibility index (Phi) is 1.45. The summed E-state index contributed by atoms with van der Waals surface area (Å²) in [5.74, 6) is 0. The Morgan fingerprint density at radius 3 is 2.85 bits per heavy atom. The lowest BCUT2D eigenvalue weighted by Crippen LogP contribution is -1.94. The van der Waals surface area contributed by atoms with Crippen LogP contribution < -0.4 is 0 Å². The highest BCUT2D eigenvalue weighted by molar-refractivity contribution is 5.67. The first-order valence-electron chi connectivity index (χ1n) is 5.02. The minimum absolute atomic E-state index is 1.19. The topological polar surface area (TPSA) is 15.8 Å². The van der Waals surface area contributed by atoms with Gasteiger partial charge in [0.25, 0.3) is 0 Å². The van der Waals surface area contributed by atoms with Gasteiger partial charge in [0.2, 0.25) is 0 Å². The number of nitrogens with one attached hydrogen (secondary N) is 1. The summed E-state index contributed by atoms with van der Waals surface area (Å²) in [5.41, 5.74) is 5.81. The van der Waals surface area contributed by atoms with E-state index < -0.39 is 0 Å². The number of allylic oxidation sites excluding steroid dienone is 2. The van der Waals surface area contributed by atoms with E-state index in [4.69, 9.17) is 0 Å². The van der Waals surface area contributed by atoms with Crippen LogP contribution in [-0.2, 0) is 12.8 Å². The van der Waals surface area contributed by atoms with E-state index in [-0.39, 0.29) is 0 Å². The molecule has 0 aliphatic heterocycles. The number of fused-ring (bicyclic) bond motifs is 3. The maximum Gasteiger partial charge on any atom is 0.0418 e. The zero-order valence-corrected chi connectivity index (χ0v) is 7.64. The van der Waals surface area contributed by atoms with Crippen molar-refractivity contribution in [3.05, 3.63) is 34.7 Å². The maximum atomic E-state index is 3.52. The predicted molar refractivity (Wildman–Crippen MR) is 55.5 cm³/mol. The summed E-state index contributed by atoms with van der Waals surface area (Å²) in [6, 6.07) is 0. The molecule has 1 heteroatoms. The largest absolute Gasteiger partial charge is 0.358 e. The first-order valence-corrected chi connectivity index (χ1v) is 5.02. The second kappa shape index (κ2) is 2.63. The third-order valence-electron chi connectivity index (χ3n) is 2.95. The highest BCUT2D eigenvalue weighted by Crippen LogP contribution is 2.29. The van der Waals surface area contributed by atoms with Crippen LogP contribution in [-0.4, -0.2) is 4.98 Å². The molecule has 2 aliphatic rings. The molecule has 0 bridgehead atoms. The fourth-order valence-corrected chi connectivity index (χ4v) is 2.30. The number of aromatic amines is 1. The highest BCUT2D eigenvalue weighted by Gasteiger charge is 2.16. The van der Waals surface area contributed by atoms with Crippen molar-refractivity contribution in [1.82, 2.24) is 4.98 Å². The summed E-state index contributed by atoms with van der Waals surface area (Å²) in [4.78, 5) is 3.52. The molecule has 0 atom stereocenters. The van der Waals surface area contributed by atoms with Crippen LogP contribution in [0.3, 0.4) is 0 Å². The fourth-order valence-electron chi connectivity index (χ4n) is 2.30. The summed E-state index contributed by atoms with van der Waals surface area (Å²) < 4.78 is 0. The Morgan fingerprint density at radius 1 is 1.00 bits per heavy atom. The van der Waals surface area contributed by atoms with Crippen LogP contribution in [0.2, 0.25) is 0 Å². The third-order valence-corrected chi connectivity index (χ3v) is 2.95. The van der Waals surface area contributed by atoms with Crippen LogP contribution in [0.5, 0.6) is 0 Å². The van der Waals surface area contributed by atoms with Crippen molar-refractivity contribution in [3.8, 4) is 0 Å². The number of aryl methyl sites for hydroxylation is 1. The van der Waals surface area contributed by atoms with E-state index in [1.54, 1.807) is 0 Å². The van der Waals surface area contributed by atoms with E-state index in [9.17, 15) is 0 Å². The Balaban J connectivity index is 2.22. The van der Waals surface area contributed by atoms with Gasteiger partial charge in [-0.1, -0.05) is 18.2 Å². The summed E-state index contributed by atoms with van der Waals surface area (Å²) in [5, 5.41) is 0. The maximum absolute atomic E-state index is 3.52. The van der Waals surface area contributed by atoms with Gasteiger partial charge in [-0.25, -0.2) is 0 Å². The van der Waals surface area contributed by atoms with Crippen LogP contribution in [0.25, 0.3) is 12.2 Å². The summed E-state index contributed by atoms with van der Waals surface area (Å²) in [6.07, 6.45) is 13.8. The second-order valence-electron chi connectivity index (χ2n) is 3.79. The Morgan fingerprint density at radius 2 is 1.85 bits per heavy atom. The SMILES string of the molecule is C1=Cc2c([nH]c3c2CCC=C3)CC1. The number of aromatic nitrogens is 1. The van der Waals surface area contributed by atoms with Gasteiger partial charge in [0, 0.05) is 11.4 Å². The quantitative estimate of drug-likeness (QED) is 0.617. The Labute approximate surface area is 78.2 Å². The van der Waals surface area contributed by atoms with Crippen molar-refractivity contribution in [2.45, 2.75) is 25.7 Å². The fraction of sp³-hybridized carbons (Fsp3) is 0.333. The monoisotopic (exact) mass is 171 g/mol. The predicted octanol–water partition coefficient (Wildman–Crippen LogP) is 2.93. The van der Waals surface area contributed by atoms with Gasteiger partial charge in [-0.2, -0.15) is 0 Å². The highest BCUT2D eigenvalue weighted by atomic mass is 14.7. The summed E-state index contributed by atoms with van der Waals surface area (Å²) >= 11 is 0. The first-order chi connectivity index (χ1) is 6.45. The van der Waals surface area contributed by atoms with Gasteiger partial charge in [0.1, 0.15) is 0 Å². The van der Waals surface area contributed by atoms with E-state index in [1.807, 2.05) is 0 Å². The second-order valence-corrected chi connectivity index (χ2v) is 3.79. The van der Waals surface area contributed by atoms with E-state index in [0.29, 0.717) is 0 Å². The molecule has 0 fully saturated rings. The van der Waals surface area contributed by atoms with E-state index in [0.717, 1.165) is 0 Å². The molecule has 0 aromatic carbocycles. The van der Waals surface area contributed by atoms with E-state index in [1.165, 1.54) is 48.2 Å². The number of hydrogen-bond acceptors (Lipinski definition) is 0. The van der Waals surface area contributed by atoms with Crippen LogP contribution in [0, 0.1) is 0 Å². The lowest BCUT2D eigenvalue weighted by Gasteiger charge is -2.07. The molecule has 3 rings (SSSR count). The first kappa shape index (κ1) is 7.19. The average Bonchev–Trinajstić information content (AvgIpc) is 2.56. The van der Waals surface area contributed by atoms with Gasteiger partial charge in [-0.15, -0.1) is 0 Å². The minimum Gasteiger partial charge on any atom is -0.358 e. The molecule has 0 saturated heterocycles. The molecule has 1 heterocycles. The normalized spacial score (nSPS) is 18.5. The molecule has 1 aromatic rings. The zero-order chi connectivity index (χ0) is 8.67. The molecule has 0 saturated carbocycles. The smallest absolute Gasteiger partial charge is 0.0418 e. The molecule has 66 valence electrons. The lowest BCUT2D eigenvalue weighted by molar-refractivity contribution is 0.943. The molecule has 13 heavy (non-hydrogen) atoms. The van der Waals surface area contributed by atoms with Crippen molar-refractivity contribution < 1.29 is 0 Å². The van der Waals surface area contributed by atoms with Crippen LogP contribution >= 0.6 is 0 Å². The van der Waals surface area contributed by atoms with Crippen molar-refractivity contribution in [2.75, 3.05) is 0 Å². The summed E-state index contributed by atoms with van der Waals surface area (Å²) in [6.45, 7) is 0. The van der Waals surface area contributed by atoms with Gasteiger partial charge in [0.15, 0.2) is 0 Å². The number of hydrogen-bond donors (Lipinski definition) is 1. The standard InChI is InChI=1S/C12H13N/c1-3-7-11-9(5-1)10-6-2-4-8-12(10)13-11/h1,4-5,8,13H,2-3,6-7H2. The number of rotatable bonds is 0. The lowest BCUT2D eigenvalue weighted by atomic mass is 9.96. The molecule has 0 radical (unpaired) electrons. The molecule has 0 amide bonds. The number of H-pyrrole nitrogens is 1. The molecule has 0 spiro atoms. The average molecular weight is 171 g/mol. The molecule has 1 N–H and O–H groups in total. The van der Waals surface area contributed by atoms with Crippen LogP contribution in [0.1, 0.15) is 35.4 Å². The van der Waals surface area contributed by atoms with Crippen molar-refractivity contribution >= 4 is 12.2 Å². The van der Waals surface area contributed by atoms with Crippen molar-refractivity contribution in [3.63, 3.8) is 0 Å². The molecular weight excluding hydrogens is 158 g/mol. The van der Waals surface area contributed by atoms with Gasteiger partial charge < -0.3 is 4.98 Å². The van der Waals surface area contributed by atoms with Gasteiger partial charge >= 0.3 is 0 Å². The Bertz CT molecular complexity index is 394. The molecule has 2 aliphatic carbocycles. The van der Waals surface area contributed by atoms with Gasteiger partial charge in [-0.05, 0) is 42.9 Å². The van der Waals surface area contributed by atoms with Crippen LogP contribution in [0.4, 0.5) is 0 Å². The molecule has 0 unspecified atom stereocenters. The Hall–Kier alpha value is -1.24. The van der Waals surface area contributed by atoms with Crippen molar-refractivity contribution in [2.24, 2.45) is 0 Å². The van der Waals surface area contributed by atoms with E-state index >= 15 is 0 Å². The third kappa shape index (κ3) is 0.998. The molecule has 1 aromatic heterocycles. The summed E-state index contributed by atoms with van der Waals surface area (Å²) in [7, 11) is 0. The zero-order valence-electron chi connectivity index (χ0n) is 7.64. The van der Waals surface area contributed by atoms with Gasteiger partial charge in [0.05, 0.1) is 0 Å². The molecule has 1 nitrogen and oxygen atoms in total. The van der Waals surface area contributed by atoms with Crippen LogP contribution in [0.15, 0.2) is 12.2 Å². The van der Waals surface area contributed by atoms with E-state index in [2.05, 4.69) is 29.3 Å².